The second-order valence-corrected chi connectivity index (χ2v) is 7.46. The molecular formula is C21H15ClF3N4OP. The van der Waals surface area contributed by atoms with E-state index in [1.54, 1.807) is 37.3 Å². The van der Waals surface area contributed by atoms with Gasteiger partial charge in [-0.05, 0) is 36.0 Å². The smallest absolute Gasteiger partial charge is 0.404 e. The number of halogens is 4. The number of nitrogens with zero attached hydrogens (tertiary/aromatic N) is 3. The number of nitrogens with two attached hydrogens (primary N) is 1. The number of aryl methyl sites for hydroxylation is 1. The SMILES string of the molecule is Cc1cccc(N=C(C(=CN)c2onc(-c3c(P)cccc3Cl)c2C#N)C(F)(F)F)c1. The maximum atomic E-state index is 13.9. The molecule has 3 aromatic rings. The monoisotopic (exact) mass is 462 g/mol. The minimum atomic E-state index is -4.88. The summed E-state index contributed by atoms with van der Waals surface area (Å²) in [5.41, 5.74) is 4.54. The number of alkyl halides is 3. The number of aliphatic imine (C=N–C) groups is 1. The first-order valence-corrected chi connectivity index (χ1v) is 9.72. The van der Waals surface area contributed by atoms with Gasteiger partial charge in [0.2, 0.25) is 0 Å². The standard InChI is InChI=1S/C21H15ClF3N4OP/c1-11-4-2-5-12(8-11)28-20(21(23,24)25)14(10-27)19-13(9-26)18(29-30-19)17-15(22)6-3-7-16(17)31/h2-8,10H,27,31H2,1H3. The fourth-order valence-corrected chi connectivity index (χ4v) is 3.67. The predicted octanol–water partition coefficient (Wildman–Crippen LogP) is 5.31. The molecule has 2 N–H and O–H groups in total. The predicted molar refractivity (Wildman–Crippen MR) is 118 cm³/mol. The third-order valence-corrected chi connectivity index (χ3v) is 5.06. The van der Waals surface area contributed by atoms with Crippen molar-refractivity contribution < 1.29 is 17.7 Å². The van der Waals surface area contributed by atoms with Gasteiger partial charge < -0.3 is 10.3 Å². The van der Waals surface area contributed by atoms with E-state index < -0.39 is 23.2 Å². The third kappa shape index (κ3) is 4.63. The maximum absolute atomic E-state index is 13.9. The molecule has 0 saturated carbocycles. The molecule has 158 valence electrons. The highest BCUT2D eigenvalue weighted by Crippen LogP contribution is 2.36. The quantitative estimate of drug-likeness (QED) is 0.420. The van der Waals surface area contributed by atoms with Gasteiger partial charge in [-0.25, -0.2) is 4.99 Å². The fourth-order valence-electron chi connectivity index (χ4n) is 2.90. The zero-order valence-corrected chi connectivity index (χ0v) is 17.9. The molecular weight excluding hydrogens is 448 g/mol. The van der Waals surface area contributed by atoms with Crippen LogP contribution in [0.5, 0.6) is 0 Å². The van der Waals surface area contributed by atoms with Gasteiger partial charge in [0.25, 0.3) is 0 Å². The molecule has 1 atom stereocenters. The van der Waals surface area contributed by atoms with Gasteiger partial charge in [-0.2, -0.15) is 18.4 Å². The van der Waals surface area contributed by atoms with Crippen LogP contribution < -0.4 is 11.0 Å². The second-order valence-electron chi connectivity index (χ2n) is 6.43. The van der Waals surface area contributed by atoms with Crippen LogP contribution in [0.15, 0.2) is 58.2 Å². The summed E-state index contributed by atoms with van der Waals surface area (Å²) in [6, 6.07) is 13.0. The molecule has 31 heavy (non-hydrogen) atoms. The fraction of sp³-hybridized carbons (Fsp3) is 0.0952. The number of nitriles is 1. The molecule has 1 aromatic heterocycles. The number of allylic oxidation sites excluding steroid dienone is 1. The van der Waals surface area contributed by atoms with Crippen molar-refractivity contribution in [2.75, 3.05) is 0 Å². The normalized spacial score (nSPS) is 12.7. The minimum absolute atomic E-state index is 0.00419. The Morgan fingerprint density at radius 3 is 2.58 bits per heavy atom. The van der Waals surface area contributed by atoms with Crippen LogP contribution in [0.4, 0.5) is 18.9 Å². The molecule has 5 nitrogen and oxygen atoms in total. The van der Waals surface area contributed by atoms with Crippen molar-refractivity contribution >= 4 is 43.1 Å². The largest absolute Gasteiger partial charge is 0.434 e. The van der Waals surface area contributed by atoms with Gasteiger partial charge in [-0.15, -0.1) is 9.24 Å². The van der Waals surface area contributed by atoms with Gasteiger partial charge in [0.1, 0.15) is 17.3 Å². The number of benzene rings is 2. The lowest BCUT2D eigenvalue weighted by atomic mass is 10.0. The molecule has 0 radical (unpaired) electrons. The Morgan fingerprint density at radius 1 is 1.29 bits per heavy atom. The molecule has 0 spiro atoms. The molecule has 2 aromatic carbocycles. The number of rotatable bonds is 4. The van der Waals surface area contributed by atoms with E-state index in [2.05, 4.69) is 19.4 Å². The molecule has 0 aliphatic carbocycles. The second kappa shape index (κ2) is 8.93. The van der Waals surface area contributed by atoms with E-state index in [1.807, 2.05) is 6.07 Å². The van der Waals surface area contributed by atoms with E-state index in [0.717, 1.165) is 5.56 Å². The van der Waals surface area contributed by atoms with Crippen LogP contribution in [0.3, 0.4) is 0 Å². The Labute approximate surface area is 183 Å². The van der Waals surface area contributed by atoms with Crippen molar-refractivity contribution in [3.63, 3.8) is 0 Å². The van der Waals surface area contributed by atoms with E-state index in [1.165, 1.54) is 12.1 Å². The zero-order chi connectivity index (χ0) is 22.8. The summed E-state index contributed by atoms with van der Waals surface area (Å²) in [5.74, 6) is -0.451. The number of hydrogen-bond acceptors (Lipinski definition) is 5. The van der Waals surface area contributed by atoms with Gasteiger partial charge in [0, 0.05) is 11.8 Å². The molecule has 0 bridgehead atoms. The topological polar surface area (TPSA) is 88.2 Å². The molecule has 0 saturated heterocycles. The first kappa shape index (κ1) is 22.5. The lowest BCUT2D eigenvalue weighted by molar-refractivity contribution is -0.0571. The summed E-state index contributed by atoms with van der Waals surface area (Å²) in [6.45, 7) is 1.73. The van der Waals surface area contributed by atoms with E-state index in [0.29, 0.717) is 17.1 Å². The first-order chi connectivity index (χ1) is 14.7. The van der Waals surface area contributed by atoms with E-state index >= 15 is 0 Å². The van der Waals surface area contributed by atoms with Gasteiger partial charge in [-0.1, -0.05) is 41.0 Å². The molecule has 1 unspecified atom stereocenters. The molecule has 3 rings (SSSR count). The Morgan fingerprint density at radius 2 is 2.00 bits per heavy atom. The van der Waals surface area contributed by atoms with E-state index in [4.69, 9.17) is 21.9 Å². The van der Waals surface area contributed by atoms with Crippen molar-refractivity contribution in [1.82, 2.24) is 5.16 Å². The average Bonchev–Trinajstić information content (AvgIpc) is 3.10. The van der Waals surface area contributed by atoms with Gasteiger partial charge in [0.15, 0.2) is 11.5 Å². The zero-order valence-electron chi connectivity index (χ0n) is 16.0. The molecule has 10 heteroatoms. The summed E-state index contributed by atoms with van der Waals surface area (Å²) in [4.78, 5) is 3.75. The summed E-state index contributed by atoms with van der Waals surface area (Å²) in [6.07, 6.45) is -4.19. The Bertz CT molecular complexity index is 1220. The van der Waals surface area contributed by atoms with Crippen LogP contribution in [0, 0.1) is 18.3 Å². The molecule has 0 fully saturated rings. The van der Waals surface area contributed by atoms with Crippen molar-refractivity contribution in [1.29, 1.82) is 5.26 Å². The van der Waals surface area contributed by atoms with Crippen LogP contribution in [-0.4, -0.2) is 17.0 Å². The highest BCUT2D eigenvalue weighted by Gasteiger charge is 2.41. The van der Waals surface area contributed by atoms with Gasteiger partial charge in [0.05, 0.1) is 16.3 Å². The van der Waals surface area contributed by atoms with E-state index in [-0.39, 0.29) is 22.0 Å². The van der Waals surface area contributed by atoms with Crippen molar-refractivity contribution in [2.45, 2.75) is 13.1 Å². The Balaban J connectivity index is 2.22. The minimum Gasteiger partial charge on any atom is -0.404 e. The lowest BCUT2D eigenvalue weighted by Gasteiger charge is -2.12. The summed E-state index contributed by atoms with van der Waals surface area (Å²) in [7, 11) is 2.43. The van der Waals surface area contributed by atoms with Crippen LogP contribution in [0.2, 0.25) is 5.02 Å². The summed E-state index contributed by atoms with van der Waals surface area (Å²) in [5, 5.41) is 14.4. The average molecular weight is 463 g/mol. The molecule has 0 aliphatic rings. The summed E-state index contributed by atoms with van der Waals surface area (Å²) < 4.78 is 47.0. The maximum Gasteiger partial charge on any atom is 0.434 e. The Kier molecular flexibility index (Phi) is 6.49. The first-order valence-electron chi connectivity index (χ1n) is 8.76. The molecule has 1 heterocycles. The van der Waals surface area contributed by atoms with Crippen molar-refractivity contribution in [3.8, 4) is 17.3 Å². The van der Waals surface area contributed by atoms with Gasteiger partial charge >= 0.3 is 6.18 Å². The number of hydrogen-bond donors (Lipinski definition) is 1. The van der Waals surface area contributed by atoms with E-state index in [9.17, 15) is 18.4 Å². The highest BCUT2D eigenvalue weighted by atomic mass is 35.5. The third-order valence-electron chi connectivity index (χ3n) is 4.26. The van der Waals surface area contributed by atoms with Crippen molar-refractivity contribution in [2.24, 2.45) is 10.7 Å². The number of aromatic nitrogens is 1. The highest BCUT2D eigenvalue weighted by molar-refractivity contribution is 7.28. The van der Waals surface area contributed by atoms with Crippen molar-refractivity contribution in [3.05, 3.63) is 70.6 Å². The van der Waals surface area contributed by atoms with Crippen LogP contribution in [0.25, 0.3) is 16.8 Å². The molecule has 0 aliphatic heterocycles. The van der Waals surface area contributed by atoms with Gasteiger partial charge in [-0.3, -0.25) is 0 Å². The summed E-state index contributed by atoms with van der Waals surface area (Å²) >= 11 is 6.23. The van der Waals surface area contributed by atoms with Crippen LogP contribution in [0.1, 0.15) is 16.9 Å². The van der Waals surface area contributed by atoms with Crippen LogP contribution >= 0.6 is 20.8 Å². The molecule has 0 amide bonds. The van der Waals surface area contributed by atoms with Crippen LogP contribution in [-0.2, 0) is 0 Å². The Hall–Kier alpha value is -3.14. The lowest BCUT2D eigenvalue weighted by Crippen LogP contribution is -2.25.